The van der Waals surface area contributed by atoms with Crippen LogP contribution in [0.25, 0.3) is 0 Å². The van der Waals surface area contributed by atoms with E-state index in [2.05, 4.69) is 16.7 Å². The van der Waals surface area contributed by atoms with E-state index in [1.54, 1.807) is 0 Å². The standard InChI is InChI=1S/C13H24N2O4S/c1-15-11-4-2-5-12(15)9-10(8-11)14-20(18,19)7-3-6-13(16)17/h10-12,14H,2-9H2,1H3,(H,16,17). The van der Waals surface area contributed by atoms with Gasteiger partial charge in [-0.3, -0.25) is 4.79 Å². The summed E-state index contributed by atoms with van der Waals surface area (Å²) < 4.78 is 26.7. The molecule has 2 unspecified atom stereocenters. The third-order valence-electron chi connectivity index (χ3n) is 4.49. The van der Waals surface area contributed by atoms with Gasteiger partial charge in [-0.1, -0.05) is 6.42 Å². The quantitative estimate of drug-likeness (QED) is 0.757. The Morgan fingerprint density at radius 1 is 1.30 bits per heavy atom. The van der Waals surface area contributed by atoms with Crippen LogP contribution in [-0.2, 0) is 14.8 Å². The number of nitrogens with one attached hydrogen (secondary N) is 1. The van der Waals surface area contributed by atoms with Gasteiger partial charge in [-0.05, 0) is 39.2 Å². The lowest BCUT2D eigenvalue weighted by molar-refractivity contribution is -0.137. The molecule has 7 heteroatoms. The van der Waals surface area contributed by atoms with Crippen LogP contribution in [0, 0.1) is 0 Å². The largest absolute Gasteiger partial charge is 0.481 e. The van der Waals surface area contributed by atoms with Crippen LogP contribution in [0.3, 0.4) is 0 Å². The molecule has 0 amide bonds. The summed E-state index contributed by atoms with van der Waals surface area (Å²) in [7, 11) is -1.23. The van der Waals surface area contributed by atoms with Crippen LogP contribution in [0.5, 0.6) is 0 Å². The summed E-state index contributed by atoms with van der Waals surface area (Å²) in [5.41, 5.74) is 0. The summed E-state index contributed by atoms with van der Waals surface area (Å²) in [5, 5.41) is 8.55. The van der Waals surface area contributed by atoms with Crippen LogP contribution in [0.15, 0.2) is 0 Å². The molecule has 20 heavy (non-hydrogen) atoms. The Bertz CT molecular complexity index is 437. The SMILES string of the molecule is CN1C2CCCC1CC(NS(=O)(=O)CCCC(=O)O)C2. The summed E-state index contributed by atoms with van der Waals surface area (Å²) in [6, 6.07) is 0.972. The first kappa shape index (κ1) is 15.7. The van der Waals surface area contributed by atoms with Gasteiger partial charge in [-0.2, -0.15) is 0 Å². The second-order valence-corrected chi connectivity index (χ2v) is 7.88. The predicted octanol–water partition coefficient (Wildman–Crippen LogP) is 0.786. The first-order valence-corrected chi connectivity index (χ1v) is 8.96. The number of carbonyl (C=O) groups is 1. The van der Waals surface area contributed by atoms with Crippen LogP contribution in [0.2, 0.25) is 0 Å². The number of aliphatic carboxylic acids is 1. The van der Waals surface area contributed by atoms with Crippen molar-refractivity contribution in [2.75, 3.05) is 12.8 Å². The lowest BCUT2D eigenvalue weighted by atomic mass is 9.83. The van der Waals surface area contributed by atoms with Gasteiger partial charge in [-0.15, -0.1) is 0 Å². The highest BCUT2D eigenvalue weighted by molar-refractivity contribution is 7.89. The molecule has 2 atom stereocenters. The number of carboxylic acids is 1. The molecule has 116 valence electrons. The van der Waals surface area contributed by atoms with E-state index in [0.29, 0.717) is 12.1 Å². The molecule has 0 radical (unpaired) electrons. The predicted molar refractivity (Wildman–Crippen MR) is 76.0 cm³/mol. The van der Waals surface area contributed by atoms with Crippen LogP contribution in [0.4, 0.5) is 0 Å². The van der Waals surface area contributed by atoms with Crippen molar-refractivity contribution in [3.63, 3.8) is 0 Å². The summed E-state index contributed by atoms with van der Waals surface area (Å²) >= 11 is 0. The monoisotopic (exact) mass is 304 g/mol. The third kappa shape index (κ3) is 4.17. The maximum absolute atomic E-state index is 12.0. The number of carboxylic acid groups (broad SMARTS) is 1. The molecule has 2 fully saturated rings. The van der Waals surface area contributed by atoms with E-state index in [4.69, 9.17) is 5.11 Å². The topological polar surface area (TPSA) is 86.7 Å². The molecule has 0 aromatic heterocycles. The van der Waals surface area contributed by atoms with Crippen molar-refractivity contribution in [3.8, 4) is 0 Å². The van der Waals surface area contributed by atoms with Crippen molar-refractivity contribution in [2.24, 2.45) is 0 Å². The molecule has 0 aromatic rings. The van der Waals surface area contributed by atoms with Crippen LogP contribution in [0.1, 0.15) is 44.9 Å². The highest BCUT2D eigenvalue weighted by atomic mass is 32.2. The van der Waals surface area contributed by atoms with Crippen molar-refractivity contribution in [1.82, 2.24) is 9.62 Å². The average molecular weight is 304 g/mol. The lowest BCUT2D eigenvalue weighted by Crippen LogP contribution is -2.55. The Morgan fingerprint density at radius 3 is 2.45 bits per heavy atom. The molecule has 2 bridgehead atoms. The number of nitrogens with zero attached hydrogens (tertiary/aromatic N) is 1. The Kier molecular flexibility index (Phi) is 5.04. The molecule has 2 N–H and O–H groups in total. The van der Waals surface area contributed by atoms with Gasteiger partial charge < -0.3 is 10.0 Å². The maximum Gasteiger partial charge on any atom is 0.303 e. The van der Waals surface area contributed by atoms with Crippen molar-refractivity contribution in [2.45, 2.75) is 63.1 Å². The van der Waals surface area contributed by atoms with Gasteiger partial charge in [0.2, 0.25) is 10.0 Å². The Hall–Kier alpha value is -0.660. The molecule has 6 nitrogen and oxygen atoms in total. The first-order chi connectivity index (χ1) is 9.37. The average Bonchev–Trinajstić information content (AvgIpc) is 2.29. The summed E-state index contributed by atoms with van der Waals surface area (Å²) in [5.74, 6) is -1.05. The summed E-state index contributed by atoms with van der Waals surface area (Å²) in [6.07, 6.45) is 5.33. The normalized spacial score (nSPS) is 31.1. The molecule has 0 saturated carbocycles. The summed E-state index contributed by atoms with van der Waals surface area (Å²) in [6.45, 7) is 0. The van der Waals surface area contributed by atoms with E-state index in [9.17, 15) is 13.2 Å². The van der Waals surface area contributed by atoms with Crippen molar-refractivity contribution in [3.05, 3.63) is 0 Å². The minimum Gasteiger partial charge on any atom is -0.481 e. The smallest absolute Gasteiger partial charge is 0.303 e. The van der Waals surface area contributed by atoms with Gasteiger partial charge in [0.1, 0.15) is 0 Å². The Morgan fingerprint density at radius 2 is 1.90 bits per heavy atom. The fraction of sp³-hybridized carbons (Fsp3) is 0.923. The van der Waals surface area contributed by atoms with E-state index < -0.39 is 16.0 Å². The minimum absolute atomic E-state index is 0.0105. The van der Waals surface area contributed by atoms with E-state index >= 15 is 0 Å². The maximum atomic E-state index is 12.0. The second-order valence-electron chi connectivity index (χ2n) is 6.01. The number of sulfonamides is 1. The van der Waals surface area contributed by atoms with E-state index in [1.165, 1.54) is 6.42 Å². The van der Waals surface area contributed by atoms with Crippen LogP contribution in [-0.4, -0.2) is 55.3 Å². The van der Waals surface area contributed by atoms with Crippen molar-refractivity contribution in [1.29, 1.82) is 0 Å². The molecule has 2 aliphatic heterocycles. The van der Waals surface area contributed by atoms with E-state index in [0.717, 1.165) is 25.7 Å². The summed E-state index contributed by atoms with van der Waals surface area (Å²) in [4.78, 5) is 12.8. The number of piperidine rings is 2. The van der Waals surface area contributed by atoms with E-state index in [1.807, 2.05) is 0 Å². The minimum atomic E-state index is -3.36. The second kappa shape index (κ2) is 6.41. The van der Waals surface area contributed by atoms with Gasteiger partial charge in [-0.25, -0.2) is 13.1 Å². The molecule has 0 aliphatic carbocycles. The van der Waals surface area contributed by atoms with Gasteiger partial charge in [0.05, 0.1) is 5.75 Å². The Labute approximate surface area is 120 Å². The Balaban J connectivity index is 1.85. The molecule has 0 spiro atoms. The highest BCUT2D eigenvalue weighted by Gasteiger charge is 2.37. The first-order valence-electron chi connectivity index (χ1n) is 7.31. The number of fused-ring (bicyclic) bond motifs is 2. The number of hydrogen-bond donors (Lipinski definition) is 2. The zero-order chi connectivity index (χ0) is 14.8. The van der Waals surface area contributed by atoms with Gasteiger partial charge in [0.15, 0.2) is 0 Å². The molecule has 2 rings (SSSR count). The van der Waals surface area contributed by atoms with Gasteiger partial charge in [0.25, 0.3) is 0 Å². The number of hydrogen-bond acceptors (Lipinski definition) is 4. The zero-order valence-electron chi connectivity index (χ0n) is 11.9. The van der Waals surface area contributed by atoms with Crippen LogP contribution < -0.4 is 4.72 Å². The van der Waals surface area contributed by atoms with Gasteiger partial charge in [0, 0.05) is 24.5 Å². The lowest BCUT2D eigenvalue weighted by Gasteiger charge is -2.47. The van der Waals surface area contributed by atoms with E-state index in [-0.39, 0.29) is 24.6 Å². The highest BCUT2D eigenvalue weighted by Crippen LogP contribution is 2.32. The molecule has 2 saturated heterocycles. The molecular weight excluding hydrogens is 280 g/mol. The molecule has 0 aromatic carbocycles. The zero-order valence-corrected chi connectivity index (χ0v) is 12.7. The van der Waals surface area contributed by atoms with Crippen LogP contribution >= 0.6 is 0 Å². The van der Waals surface area contributed by atoms with Gasteiger partial charge >= 0.3 is 5.97 Å². The van der Waals surface area contributed by atoms with Crippen molar-refractivity contribution < 1.29 is 18.3 Å². The molecule has 2 heterocycles. The molecule has 2 aliphatic rings. The fourth-order valence-electron chi connectivity index (χ4n) is 3.44. The van der Waals surface area contributed by atoms with Crippen molar-refractivity contribution >= 4 is 16.0 Å². The molecular formula is C13H24N2O4S. The number of rotatable bonds is 6. The third-order valence-corrected chi connectivity index (χ3v) is 6.01. The fourth-order valence-corrected chi connectivity index (χ4v) is 4.78.